The van der Waals surface area contributed by atoms with Gasteiger partial charge in [0, 0.05) is 24.9 Å². The Morgan fingerprint density at radius 2 is 2.21 bits per heavy atom. The monoisotopic (exact) mass is 196 g/mol. The van der Waals surface area contributed by atoms with Crippen LogP contribution in [0.4, 0.5) is 0 Å². The van der Waals surface area contributed by atoms with Gasteiger partial charge in [0.1, 0.15) is 0 Å². The van der Waals surface area contributed by atoms with Gasteiger partial charge in [-0.1, -0.05) is 0 Å². The maximum atomic E-state index is 9.83. The Labute approximate surface area is 83.2 Å². The summed E-state index contributed by atoms with van der Waals surface area (Å²) in [5.41, 5.74) is 1.06. The highest BCUT2D eigenvalue weighted by molar-refractivity contribution is 5.11. The topological polar surface area (TPSA) is 58.3 Å². The summed E-state index contributed by atoms with van der Waals surface area (Å²) >= 11 is 0. The van der Waals surface area contributed by atoms with E-state index in [4.69, 9.17) is 0 Å². The molecule has 0 radical (unpaired) electrons. The molecule has 4 heteroatoms. The molecule has 1 aromatic rings. The van der Waals surface area contributed by atoms with Crippen molar-refractivity contribution in [1.29, 1.82) is 0 Å². The van der Waals surface area contributed by atoms with Crippen LogP contribution in [0.3, 0.4) is 0 Å². The standard InChI is InChI=1S/C10H16N2O2/c1-12-9(4-5-11-12)8-3-2-7(13)6-10(8)14/h4-5,7-8,10,13-14H,2-3,6H2,1H3. The van der Waals surface area contributed by atoms with Crippen LogP contribution in [0.2, 0.25) is 0 Å². The van der Waals surface area contributed by atoms with Crippen LogP contribution < -0.4 is 0 Å². The van der Waals surface area contributed by atoms with E-state index in [1.54, 1.807) is 10.9 Å². The Hall–Kier alpha value is -0.870. The van der Waals surface area contributed by atoms with Crippen molar-refractivity contribution in [2.45, 2.75) is 37.4 Å². The number of rotatable bonds is 1. The van der Waals surface area contributed by atoms with Gasteiger partial charge in [-0.2, -0.15) is 5.10 Å². The summed E-state index contributed by atoms with van der Waals surface area (Å²) in [7, 11) is 1.88. The minimum Gasteiger partial charge on any atom is -0.393 e. The maximum absolute atomic E-state index is 9.83. The zero-order valence-electron chi connectivity index (χ0n) is 8.30. The van der Waals surface area contributed by atoms with Crippen LogP contribution in [0.15, 0.2) is 12.3 Å². The minimum atomic E-state index is -0.436. The molecular formula is C10H16N2O2. The number of aliphatic hydroxyl groups is 2. The summed E-state index contributed by atoms with van der Waals surface area (Å²) in [5.74, 6) is 0.130. The van der Waals surface area contributed by atoms with E-state index in [2.05, 4.69) is 5.10 Å². The second kappa shape index (κ2) is 3.71. The first-order chi connectivity index (χ1) is 6.68. The lowest BCUT2D eigenvalue weighted by atomic mass is 9.83. The molecule has 2 N–H and O–H groups in total. The average Bonchev–Trinajstić information content (AvgIpc) is 2.52. The van der Waals surface area contributed by atoms with Gasteiger partial charge in [0.2, 0.25) is 0 Å². The fourth-order valence-electron chi connectivity index (χ4n) is 2.22. The molecule has 0 bridgehead atoms. The summed E-state index contributed by atoms with van der Waals surface area (Å²) in [6.07, 6.45) is 3.06. The minimum absolute atomic E-state index is 0.130. The van der Waals surface area contributed by atoms with Gasteiger partial charge in [-0.25, -0.2) is 0 Å². The summed E-state index contributed by atoms with van der Waals surface area (Å²) < 4.78 is 1.80. The van der Waals surface area contributed by atoms with Crippen LogP contribution in [0, 0.1) is 0 Å². The van der Waals surface area contributed by atoms with Crippen LogP contribution in [0.1, 0.15) is 30.9 Å². The van der Waals surface area contributed by atoms with Crippen LogP contribution in [-0.4, -0.2) is 32.2 Å². The second-order valence-corrected chi connectivity index (χ2v) is 4.02. The SMILES string of the molecule is Cn1nccc1C1CCC(O)CC1O. The quantitative estimate of drug-likeness (QED) is 0.684. The van der Waals surface area contributed by atoms with Gasteiger partial charge in [0.05, 0.1) is 12.2 Å². The molecule has 3 unspecified atom stereocenters. The molecule has 0 aliphatic heterocycles. The zero-order valence-corrected chi connectivity index (χ0v) is 8.30. The first-order valence-corrected chi connectivity index (χ1v) is 5.02. The fraction of sp³-hybridized carbons (Fsp3) is 0.700. The van der Waals surface area contributed by atoms with E-state index in [1.165, 1.54) is 0 Å². The third-order valence-corrected chi connectivity index (χ3v) is 3.03. The van der Waals surface area contributed by atoms with Gasteiger partial charge in [-0.3, -0.25) is 4.68 Å². The molecule has 0 aromatic carbocycles. The number of hydrogen-bond acceptors (Lipinski definition) is 3. The molecule has 3 atom stereocenters. The molecule has 0 saturated heterocycles. The second-order valence-electron chi connectivity index (χ2n) is 4.02. The predicted molar refractivity (Wildman–Crippen MR) is 51.8 cm³/mol. The number of aryl methyl sites for hydroxylation is 1. The van der Waals surface area contributed by atoms with E-state index < -0.39 is 6.10 Å². The Morgan fingerprint density at radius 3 is 2.79 bits per heavy atom. The number of hydrogen-bond donors (Lipinski definition) is 2. The molecule has 1 aromatic heterocycles. The number of nitrogens with zero attached hydrogens (tertiary/aromatic N) is 2. The summed E-state index contributed by atoms with van der Waals surface area (Å²) in [4.78, 5) is 0. The predicted octanol–water partition coefficient (Wildman–Crippen LogP) is 0.409. The molecule has 1 saturated carbocycles. The van der Waals surface area contributed by atoms with Crippen LogP contribution in [0.5, 0.6) is 0 Å². The molecule has 14 heavy (non-hydrogen) atoms. The Kier molecular flexibility index (Phi) is 2.56. The van der Waals surface area contributed by atoms with Gasteiger partial charge in [-0.05, 0) is 25.3 Å². The van der Waals surface area contributed by atoms with Gasteiger partial charge in [0.15, 0.2) is 0 Å². The Bertz CT molecular complexity index is 311. The molecule has 1 aliphatic rings. The average molecular weight is 196 g/mol. The van der Waals surface area contributed by atoms with Crippen molar-refractivity contribution >= 4 is 0 Å². The Balaban J connectivity index is 2.15. The molecule has 4 nitrogen and oxygen atoms in total. The third kappa shape index (κ3) is 1.67. The highest BCUT2D eigenvalue weighted by Gasteiger charge is 2.30. The molecule has 78 valence electrons. The molecule has 1 heterocycles. The van der Waals surface area contributed by atoms with E-state index in [-0.39, 0.29) is 12.0 Å². The van der Waals surface area contributed by atoms with Crippen molar-refractivity contribution in [2.24, 2.45) is 7.05 Å². The number of aliphatic hydroxyl groups excluding tert-OH is 2. The van der Waals surface area contributed by atoms with Crippen molar-refractivity contribution in [1.82, 2.24) is 9.78 Å². The van der Waals surface area contributed by atoms with Crippen molar-refractivity contribution in [3.8, 4) is 0 Å². The van der Waals surface area contributed by atoms with Crippen molar-refractivity contribution in [3.05, 3.63) is 18.0 Å². The van der Waals surface area contributed by atoms with E-state index >= 15 is 0 Å². The lowest BCUT2D eigenvalue weighted by molar-refractivity contribution is 0.0235. The summed E-state index contributed by atoms with van der Waals surface area (Å²) in [6.45, 7) is 0. The summed E-state index contributed by atoms with van der Waals surface area (Å²) in [5, 5.41) is 23.3. The Morgan fingerprint density at radius 1 is 1.43 bits per heavy atom. The number of aromatic nitrogens is 2. The lowest BCUT2D eigenvalue weighted by Crippen LogP contribution is -2.31. The van der Waals surface area contributed by atoms with E-state index in [0.717, 1.165) is 18.5 Å². The molecule has 0 spiro atoms. The van der Waals surface area contributed by atoms with Crippen molar-refractivity contribution in [2.75, 3.05) is 0 Å². The van der Waals surface area contributed by atoms with Crippen LogP contribution in [-0.2, 0) is 7.05 Å². The van der Waals surface area contributed by atoms with Crippen LogP contribution >= 0.6 is 0 Å². The molecule has 1 fully saturated rings. The van der Waals surface area contributed by atoms with Gasteiger partial charge in [0.25, 0.3) is 0 Å². The van der Waals surface area contributed by atoms with Gasteiger partial charge >= 0.3 is 0 Å². The molecule has 0 amide bonds. The van der Waals surface area contributed by atoms with Gasteiger partial charge in [-0.15, -0.1) is 0 Å². The smallest absolute Gasteiger partial charge is 0.0648 e. The largest absolute Gasteiger partial charge is 0.393 e. The van der Waals surface area contributed by atoms with E-state index in [0.29, 0.717) is 6.42 Å². The lowest BCUT2D eigenvalue weighted by Gasteiger charge is -2.30. The molecular weight excluding hydrogens is 180 g/mol. The highest BCUT2D eigenvalue weighted by atomic mass is 16.3. The van der Waals surface area contributed by atoms with Gasteiger partial charge < -0.3 is 10.2 Å². The molecule has 1 aliphatic carbocycles. The molecule has 2 rings (SSSR count). The summed E-state index contributed by atoms with van der Waals surface area (Å²) in [6, 6.07) is 1.94. The third-order valence-electron chi connectivity index (χ3n) is 3.03. The van der Waals surface area contributed by atoms with Crippen molar-refractivity contribution in [3.63, 3.8) is 0 Å². The maximum Gasteiger partial charge on any atom is 0.0648 e. The fourth-order valence-corrected chi connectivity index (χ4v) is 2.22. The normalized spacial score (nSPS) is 33.2. The first kappa shape index (κ1) is 9.68. The first-order valence-electron chi connectivity index (χ1n) is 5.02. The van der Waals surface area contributed by atoms with Crippen LogP contribution in [0.25, 0.3) is 0 Å². The van der Waals surface area contributed by atoms with Crippen molar-refractivity contribution < 1.29 is 10.2 Å². The van der Waals surface area contributed by atoms with E-state index in [9.17, 15) is 10.2 Å². The highest BCUT2D eigenvalue weighted by Crippen LogP contribution is 2.32. The van der Waals surface area contributed by atoms with E-state index in [1.807, 2.05) is 13.1 Å². The zero-order chi connectivity index (χ0) is 10.1.